The van der Waals surface area contributed by atoms with E-state index in [9.17, 15) is 9.18 Å². The van der Waals surface area contributed by atoms with E-state index in [2.05, 4.69) is 20.6 Å². The van der Waals surface area contributed by atoms with Gasteiger partial charge in [-0.15, -0.1) is 15.3 Å². The van der Waals surface area contributed by atoms with Gasteiger partial charge in [-0.1, -0.05) is 0 Å². The lowest BCUT2D eigenvalue weighted by atomic mass is 10.2. The second-order valence-corrected chi connectivity index (χ2v) is 7.39. The summed E-state index contributed by atoms with van der Waals surface area (Å²) in [6.07, 6.45) is -0.754. The van der Waals surface area contributed by atoms with Crippen LogP contribution in [-0.4, -0.2) is 59.2 Å². The molecule has 182 valence electrons. The van der Waals surface area contributed by atoms with Gasteiger partial charge in [-0.2, -0.15) is 4.52 Å². The van der Waals surface area contributed by atoms with Gasteiger partial charge in [0.1, 0.15) is 18.2 Å². The van der Waals surface area contributed by atoms with Gasteiger partial charge in [-0.05, 0) is 55.5 Å². The van der Waals surface area contributed by atoms with Crippen LogP contribution in [-0.2, 0) is 4.79 Å². The molecule has 0 bridgehead atoms. The fourth-order valence-corrected chi connectivity index (χ4v) is 3.25. The Kier molecular flexibility index (Phi) is 7.24. The number of aromatic nitrogens is 4. The van der Waals surface area contributed by atoms with Gasteiger partial charge in [-0.3, -0.25) is 4.79 Å². The maximum Gasteiger partial charge on any atom is 0.260 e. The minimum atomic E-state index is -0.754. The zero-order valence-corrected chi connectivity index (χ0v) is 19.4. The fourth-order valence-electron chi connectivity index (χ4n) is 3.25. The SMILES string of the molecule is COc1ccc(-c2nnc3ccc(OCCNC(=O)C(C)Oc4ccc(F)cc4)nn23)cc1OC. The summed E-state index contributed by atoms with van der Waals surface area (Å²) < 4.78 is 36.4. The molecule has 1 atom stereocenters. The first-order valence-corrected chi connectivity index (χ1v) is 10.8. The van der Waals surface area contributed by atoms with Crippen molar-refractivity contribution in [3.05, 3.63) is 60.4 Å². The number of benzene rings is 2. The van der Waals surface area contributed by atoms with Crippen molar-refractivity contribution < 1.29 is 28.1 Å². The molecule has 0 fully saturated rings. The summed E-state index contributed by atoms with van der Waals surface area (Å²) in [5, 5.41) is 15.5. The third-order valence-corrected chi connectivity index (χ3v) is 5.03. The molecule has 2 aromatic heterocycles. The molecule has 0 radical (unpaired) electrons. The van der Waals surface area contributed by atoms with Gasteiger partial charge in [-0.25, -0.2) is 4.39 Å². The highest BCUT2D eigenvalue weighted by Gasteiger charge is 2.15. The standard InChI is InChI=1S/C24H24FN5O5/c1-15(35-18-7-5-17(25)6-8-18)24(31)26-12-13-34-22-11-10-21-27-28-23(30(21)29-22)16-4-9-19(32-2)20(14-16)33-3/h4-11,14-15H,12-13H2,1-3H3,(H,26,31). The summed E-state index contributed by atoms with van der Waals surface area (Å²) in [7, 11) is 3.12. The second kappa shape index (κ2) is 10.7. The van der Waals surface area contributed by atoms with Crippen LogP contribution in [0.15, 0.2) is 54.6 Å². The Morgan fingerprint density at radius 1 is 1.03 bits per heavy atom. The van der Waals surface area contributed by atoms with Crippen LogP contribution >= 0.6 is 0 Å². The van der Waals surface area contributed by atoms with E-state index in [0.29, 0.717) is 34.6 Å². The Hall–Kier alpha value is -4.41. The van der Waals surface area contributed by atoms with Crippen LogP contribution < -0.4 is 24.3 Å². The number of nitrogens with one attached hydrogen (secondary N) is 1. The molecule has 0 aliphatic carbocycles. The Balaban J connectivity index is 1.35. The lowest BCUT2D eigenvalue weighted by Crippen LogP contribution is -2.38. The van der Waals surface area contributed by atoms with Crippen molar-refractivity contribution >= 4 is 11.6 Å². The summed E-state index contributed by atoms with van der Waals surface area (Å²) >= 11 is 0. The second-order valence-electron chi connectivity index (χ2n) is 7.39. The predicted octanol–water partition coefficient (Wildman–Crippen LogP) is 2.91. The van der Waals surface area contributed by atoms with Crippen molar-refractivity contribution in [2.45, 2.75) is 13.0 Å². The number of fused-ring (bicyclic) bond motifs is 1. The molecule has 0 aliphatic heterocycles. The monoisotopic (exact) mass is 481 g/mol. The molecule has 0 aliphatic rings. The minimum Gasteiger partial charge on any atom is -0.493 e. The molecule has 4 aromatic rings. The van der Waals surface area contributed by atoms with Crippen molar-refractivity contribution in [1.29, 1.82) is 0 Å². The van der Waals surface area contributed by atoms with E-state index in [1.54, 1.807) is 49.9 Å². The van der Waals surface area contributed by atoms with Gasteiger partial charge in [0.15, 0.2) is 29.1 Å². The first kappa shape index (κ1) is 23.7. The molecule has 0 spiro atoms. The van der Waals surface area contributed by atoms with E-state index in [1.165, 1.54) is 24.3 Å². The van der Waals surface area contributed by atoms with Crippen LogP contribution in [0.3, 0.4) is 0 Å². The topological polar surface area (TPSA) is 109 Å². The quantitative estimate of drug-likeness (QED) is 0.345. The number of amides is 1. The number of nitrogens with zero attached hydrogens (tertiary/aromatic N) is 4. The molecule has 2 heterocycles. The van der Waals surface area contributed by atoms with E-state index in [-0.39, 0.29) is 24.9 Å². The molecule has 1 unspecified atom stereocenters. The molecule has 11 heteroatoms. The van der Waals surface area contributed by atoms with E-state index in [4.69, 9.17) is 18.9 Å². The molecule has 0 saturated heterocycles. The van der Waals surface area contributed by atoms with Gasteiger partial charge in [0.2, 0.25) is 5.88 Å². The fraction of sp³-hybridized carbons (Fsp3) is 0.250. The lowest BCUT2D eigenvalue weighted by Gasteiger charge is -2.14. The molecule has 35 heavy (non-hydrogen) atoms. The number of carbonyl (C=O) groups is 1. The number of hydrogen-bond acceptors (Lipinski definition) is 8. The highest BCUT2D eigenvalue weighted by atomic mass is 19.1. The average Bonchev–Trinajstić information content (AvgIpc) is 3.30. The third kappa shape index (κ3) is 5.57. The minimum absolute atomic E-state index is 0.182. The van der Waals surface area contributed by atoms with Crippen LogP contribution in [0.5, 0.6) is 23.1 Å². The number of ether oxygens (including phenoxy) is 4. The molecule has 1 N–H and O–H groups in total. The van der Waals surface area contributed by atoms with E-state index < -0.39 is 6.10 Å². The Labute approximate surface area is 200 Å². The number of carbonyl (C=O) groups excluding carboxylic acids is 1. The Morgan fingerprint density at radius 2 is 1.80 bits per heavy atom. The predicted molar refractivity (Wildman–Crippen MR) is 124 cm³/mol. The molecule has 10 nitrogen and oxygen atoms in total. The lowest BCUT2D eigenvalue weighted by molar-refractivity contribution is -0.127. The van der Waals surface area contributed by atoms with Crippen LogP contribution in [0, 0.1) is 5.82 Å². The van der Waals surface area contributed by atoms with Gasteiger partial charge >= 0.3 is 0 Å². The van der Waals surface area contributed by atoms with Crippen molar-refractivity contribution in [3.63, 3.8) is 0 Å². The van der Waals surface area contributed by atoms with Gasteiger partial charge in [0, 0.05) is 11.6 Å². The van der Waals surface area contributed by atoms with Crippen LogP contribution in [0.2, 0.25) is 0 Å². The highest BCUT2D eigenvalue weighted by molar-refractivity contribution is 5.80. The van der Waals surface area contributed by atoms with Crippen molar-refractivity contribution in [3.8, 4) is 34.5 Å². The highest BCUT2D eigenvalue weighted by Crippen LogP contribution is 2.31. The van der Waals surface area contributed by atoms with Gasteiger partial charge in [0.05, 0.1) is 20.8 Å². The van der Waals surface area contributed by atoms with Crippen molar-refractivity contribution in [2.75, 3.05) is 27.4 Å². The maximum absolute atomic E-state index is 13.0. The summed E-state index contributed by atoms with van der Waals surface area (Å²) in [5.41, 5.74) is 1.28. The van der Waals surface area contributed by atoms with Crippen LogP contribution in [0.1, 0.15) is 6.92 Å². The summed E-state index contributed by atoms with van der Waals surface area (Å²) in [4.78, 5) is 12.2. The normalized spacial score (nSPS) is 11.7. The number of hydrogen-bond donors (Lipinski definition) is 1. The molecular weight excluding hydrogens is 457 g/mol. The zero-order chi connectivity index (χ0) is 24.8. The first-order valence-electron chi connectivity index (χ1n) is 10.8. The molecule has 2 aromatic carbocycles. The Morgan fingerprint density at radius 3 is 2.54 bits per heavy atom. The van der Waals surface area contributed by atoms with E-state index in [0.717, 1.165) is 5.56 Å². The molecular formula is C24H24FN5O5. The zero-order valence-electron chi connectivity index (χ0n) is 19.4. The summed E-state index contributed by atoms with van der Waals surface area (Å²) in [6.45, 7) is 2.03. The van der Waals surface area contributed by atoms with Crippen LogP contribution in [0.25, 0.3) is 17.0 Å². The summed E-state index contributed by atoms with van der Waals surface area (Å²) in [6, 6.07) is 14.3. The molecule has 4 rings (SSSR count). The smallest absolute Gasteiger partial charge is 0.260 e. The van der Waals surface area contributed by atoms with Gasteiger partial charge in [0.25, 0.3) is 5.91 Å². The maximum atomic E-state index is 13.0. The first-order chi connectivity index (χ1) is 17.0. The van der Waals surface area contributed by atoms with E-state index >= 15 is 0 Å². The van der Waals surface area contributed by atoms with Crippen molar-refractivity contribution in [2.24, 2.45) is 0 Å². The van der Waals surface area contributed by atoms with Crippen molar-refractivity contribution in [1.82, 2.24) is 25.1 Å². The Bertz CT molecular complexity index is 1310. The van der Waals surface area contributed by atoms with Crippen LogP contribution in [0.4, 0.5) is 4.39 Å². The molecule has 0 saturated carbocycles. The van der Waals surface area contributed by atoms with E-state index in [1.807, 2.05) is 6.07 Å². The largest absolute Gasteiger partial charge is 0.493 e. The number of methoxy groups -OCH3 is 2. The molecule has 1 amide bonds. The average molecular weight is 481 g/mol. The van der Waals surface area contributed by atoms with Gasteiger partial charge < -0.3 is 24.3 Å². The number of rotatable bonds is 10. The number of halogens is 1. The third-order valence-electron chi connectivity index (χ3n) is 5.03. The summed E-state index contributed by atoms with van der Waals surface area (Å²) in [5.74, 6) is 1.71.